The van der Waals surface area contributed by atoms with E-state index in [1.54, 1.807) is 0 Å². The molecule has 128 valence electrons. The van der Waals surface area contributed by atoms with E-state index in [0.717, 1.165) is 23.2 Å². The molecule has 1 aromatic heterocycles. The number of nitrogens with zero attached hydrogens (tertiary/aromatic N) is 2. The number of carbonyl (C=O) groups is 1. The Morgan fingerprint density at radius 2 is 2.12 bits per heavy atom. The number of hydrogen-bond donors (Lipinski definition) is 1. The summed E-state index contributed by atoms with van der Waals surface area (Å²) in [6.07, 6.45) is 2.24. The van der Waals surface area contributed by atoms with Crippen molar-refractivity contribution in [2.75, 3.05) is 13.2 Å². The Labute approximate surface area is 141 Å². The molecule has 0 aliphatic heterocycles. The highest BCUT2D eigenvalue weighted by Crippen LogP contribution is 2.20. The fraction of sp³-hybridized carbons (Fsp3) is 0.389. The van der Waals surface area contributed by atoms with Gasteiger partial charge in [-0.25, -0.2) is 4.98 Å². The van der Waals surface area contributed by atoms with Crippen LogP contribution in [0.4, 0.5) is 0 Å². The molecule has 6 heteroatoms. The van der Waals surface area contributed by atoms with Crippen molar-refractivity contribution >= 4 is 5.91 Å². The van der Waals surface area contributed by atoms with Crippen LogP contribution in [-0.2, 0) is 17.8 Å². The molecular weight excluding hydrogens is 306 g/mol. The third-order valence-electron chi connectivity index (χ3n) is 3.89. The van der Waals surface area contributed by atoms with Gasteiger partial charge < -0.3 is 10.1 Å². The standard InChI is InChI=1S/C18H23N3O3/c1-4-15-10-18(23)21(12-20-15)9-8-19-17(22)11-24-16-7-5-6-13(2)14(16)3/h5-7,10,12H,4,8-9,11H2,1-3H3,(H,19,22). The molecule has 1 heterocycles. The van der Waals surface area contributed by atoms with Crippen molar-refractivity contribution in [3.63, 3.8) is 0 Å². The van der Waals surface area contributed by atoms with E-state index in [9.17, 15) is 9.59 Å². The van der Waals surface area contributed by atoms with Gasteiger partial charge in [-0.1, -0.05) is 19.1 Å². The largest absolute Gasteiger partial charge is 0.483 e. The number of hydrogen-bond acceptors (Lipinski definition) is 4. The van der Waals surface area contributed by atoms with Crippen LogP contribution in [-0.4, -0.2) is 28.6 Å². The number of benzene rings is 1. The molecule has 0 spiro atoms. The van der Waals surface area contributed by atoms with Gasteiger partial charge in [0.25, 0.3) is 11.5 Å². The maximum atomic E-state index is 11.8. The van der Waals surface area contributed by atoms with E-state index in [0.29, 0.717) is 18.8 Å². The maximum absolute atomic E-state index is 11.8. The third kappa shape index (κ3) is 4.68. The van der Waals surface area contributed by atoms with Gasteiger partial charge in [0, 0.05) is 24.8 Å². The summed E-state index contributed by atoms with van der Waals surface area (Å²) in [6, 6.07) is 7.26. The highest BCUT2D eigenvalue weighted by Gasteiger charge is 2.06. The summed E-state index contributed by atoms with van der Waals surface area (Å²) in [5, 5.41) is 2.74. The summed E-state index contributed by atoms with van der Waals surface area (Å²) in [5.74, 6) is 0.489. The number of nitrogens with one attached hydrogen (secondary N) is 1. The summed E-state index contributed by atoms with van der Waals surface area (Å²) in [5.41, 5.74) is 2.80. The van der Waals surface area contributed by atoms with Gasteiger partial charge in [-0.15, -0.1) is 0 Å². The fourth-order valence-corrected chi connectivity index (χ4v) is 2.22. The Morgan fingerprint density at radius 1 is 1.33 bits per heavy atom. The maximum Gasteiger partial charge on any atom is 0.258 e. The van der Waals surface area contributed by atoms with Gasteiger partial charge in [-0.05, 0) is 37.5 Å². The van der Waals surface area contributed by atoms with E-state index in [1.165, 1.54) is 17.0 Å². The number of aromatic nitrogens is 2. The molecule has 24 heavy (non-hydrogen) atoms. The molecule has 1 N–H and O–H groups in total. The van der Waals surface area contributed by atoms with Crippen molar-refractivity contribution in [1.82, 2.24) is 14.9 Å². The predicted octanol–water partition coefficient (Wildman–Crippen LogP) is 1.62. The zero-order valence-corrected chi connectivity index (χ0v) is 14.3. The first-order valence-corrected chi connectivity index (χ1v) is 8.02. The smallest absolute Gasteiger partial charge is 0.258 e. The van der Waals surface area contributed by atoms with E-state index in [2.05, 4.69) is 10.3 Å². The SMILES string of the molecule is CCc1cc(=O)n(CCNC(=O)COc2cccc(C)c2C)cn1. The number of amides is 1. The molecule has 0 saturated heterocycles. The second kappa shape index (κ2) is 8.29. The molecule has 0 aliphatic rings. The number of rotatable bonds is 7. The number of ether oxygens (including phenoxy) is 1. The molecule has 1 aromatic carbocycles. The lowest BCUT2D eigenvalue weighted by Crippen LogP contribution is -2.33. The summed E-state index contributed by atoms with van der Waals surface area (Å²) in [7, 11) is 0. The van der Waals surface area contributed by atoms with E-state index >= 15 is 0 Å². The minimum absolute atomic E-state index is 0.0494. The molecular formula is C18H23N3O3. The molecule has 0 saturated carbocycles. The van der Waals surface area contributed by atoms with Crippen molar-refractivity contribution in [1.29, 1.82) is 0 Å². The minimum Gasteiger partial charge on any atom is -0.483 e. The molecule has 0 fully saturated rings. The predicted molar refractivity (Wildman–Crippen MR) is 92.3 cm³/mol. The van der Waals surface area contributed by atoms with Gasteiger partial charge in [0.05, 0.1) is 6.33 Å². The van der Waals surface area contributed by atoms with Crippen molar-refractivity contribution < 1.29 is 9.53 Å². The lowest BCUT2D eigenvalue weighted by Gasteiger charge is -2.11. The summed E-state index contributed by atoms with van der Waals surface area (Å²) in [4.78, 5) is 27.9. The van der Waals surface area contributed by atoms with E-state index in [1.807, 2.05) is 39.0 Å². The second-order valence-corrected chi connectivity index (χ2v) is 5.60. The summed E-state index contributed by atoms with van der Waals surface area (Å²) in [6.45, 7) is 6.58. The normalized spacial score (nSPS) is 10.5. The van der Waals surface area contributed by atoms with Crippen molar-refractivity contribution in [2.45, 2.75) is 33.7 Å². The van der Waals surface area contributed by atoms with Crippen LogP contribution in [0.15, 0.2) is 35.4 Å². The third-order valence-corrected chi connectivity index (χ3v) is 3.89. The number of aryl methyl sites for hydroxylation is 2. The van der Waals surface area contributed by atoms with Crippen molar-refractivity contribution in [2.24, 2.45) is 0 Å². The molecule has 0 bridgehead atoms. The molecule has 6 nitrogen and oxygen atoms in total. The Hall–Kier alpha value is -2.63. The topological polar surface area (TPSA) is 73.2 Å². The van der Waals surface area contributed by atoms with Crippen LogP contribution in [0.25, 0.3) is 0 Å². The van der Waals surface area contributed by atoms with Crippen LogP contribution in [0.5, 0.6) is 5.75 Å². The Bertz CT molecular complexity index is 768. The van der Waals surface area contributed by atoms with Crippen LogP contribution in [0.1, 0.15) is 23.7 Å². The van der Waals surface area contributed by atoms with E-state index < -0.39 is 0 Å². The van der Waals surface area contributed by atoms with Crippen LogP contribution in [0, 0.1) is 13.8 Å². The number of carbonyl (C=O) groups excluding carboxylic acids is 1. The van der Waals surface area contributed by atoms with Gasteiger partial charge in [-0.3, -0.25) is 14.2 Å². The molecule has 2 rings (SSSR count). The lowest BCUT2D eigenvalue weighted by molar-refractivity contribution is -0.123. The molecule has 1 amide bonds. The Balaban J connectivity index is 1.79. The second-order valence-electron chi connectivity index (χ2n) is 5.60. The first kappa shape index (κ1) is 17.7. The average Bonchev–Trinajstić information content (AvgIpc) is 2.57. The minimum atomic E-state index is -0.220. The Kier molecular flexibility index (Phi) is 6.12. The molecule has 2 aromatic rings. The fourth-order valence-electron chi connectivity index (χ4n) is 2.22. The van der Waals surface area contributed by atoms with E-state index in [-0.39, 0.29) is 18.1 Å². The summed E-state index contributed by atoms with van der Waals surface area (Å²) >= 11 is 0. The van der Waals surface area contributed by atoms with Crippen LogP contribution >= 0.6 is 0 Å². The molecule has 0 unspecified atom stereocenters. The van der Waals surface area contributed by atoms with E-state index in [4.69, 9.17) is 4.74 Å². The zero-order valence-electron chi connectivity index (χ0n) is 14.3. The highest BCUT2D eigenvalue weighted by atomic mass is 16.5. The summed E-state index contributed by atoms with van der Waals surface area (Å²) < 4.78 is 7.02. The van der Waals surface area contributed by atoms with Crippen molar-refractivity contribution in [3.8, 4) is 5.75 Å². The van der Waals surface area contributed by atoms with Gasteiger partial charge in [-0.2, -0.15) is 0 Å². The van der Waals surface area contributed by atoms with Crippen LogP contribution in [0.2, 0.25) is 0 Å². The Morgan fingerprint density at radius 3 is 2.83 bits per heavy atom. The molecule has 0 atom stereocenters. The first-order chi connectivity index (χ1) is 11.5. The monoisotopic (exact) mass is 329 g/mol. The molecule has 0 radical (unpaired) electrons. The highest BCUT2D eigenvalue weighted by molar-refractivity contribution is 5.77. The van der Waals surface area contributed by atoms with Gasteiger partial charge in [0.1, 0.15) is 5.75 Å². The van der Waals surface area contributed by atoms with Crippen LogP contribution in [0.3, 0.4) is 0 Å². The van der Waals surface area contributed by atoms with Gasteiger partial charge in [0.2, 0.25) is 0 Å². The first-order valence-electron chi connectivity index (χ1n) is 8.02. The lowest BCUT2D eigenvalue weighted by atomic mass is 10.1. The molecule has 0 aliphatic carbocycles. The quantitative estimate of drug-likeness (QED) is 0.838. The zero-order chi connectivity index (χ0) is 17.5. The van der Waals surface area contributed by atoms with Crippen LogP contribution < -0.4 is 15.6 Å². The van der Waals surface area contributed by atoms with Crippen molar-refractivity contribution in [3.05, 3.63) is 57.8 Å². The average molecular weight is 329 g/mol. The van der Waals surface area contributed by atoms with Gasteiger partial charge in [0.15, 0.2) is 6.61 Å². The van der Waals surface area contributed by atoms with Gasteiger partial charge >= 0.3 is 0 Å².